The Morgan fingerprint density at radius 3 is 2.20 bits per heavy atom. The van der Waals surface area contributed by atoms with Crippen LogP contribution in [0.5, 0.6) is 0 Å². The van der Waals surface area contributed by atoms with Crippen molar-refractivity contribution in [2.75, 3.05) is 0 Å². The third-order valence-corrected chi connectivity index (χ3v) is 0.109. The van der Waals surface area contributed by atoms with Crippen molar-refractivity contribution in [3.05, 3.63) is 0 Å². The molecular formula is CH3ClNaO2+. The Kier molecular flexibility index (Phi) is 16.3. The summed E-state index contributed by atoms with van der Waals surface area (Å²) in [6, 6.07) is 0. The molecule has 0 spiro atoms. The van der Waals surface area contributed by atoms with Crippen LogP contribution in [0.4, 0.5) is 0 Å². The van der Waals surface area contributed by atoms with Gasteiger partial charge in [0.25, 0.3) is 0 Å². The van der Waals surface area contributed by atoms with E-state index in [1.165, 1.54) is 0 Å². The Hall–Kier alpha value is 0.760. The van der Waals surface area contributed by atoms with Gasteiger partial charge in [0.15, 0.2) is 0 Å². The monoisotopic (exact) mass is 105 g/mol. The summed E-state index contributed by atoms with van der Waals surface area (Å²) >= 11 is 4.32. The van der Waals surface area contributed by atoms with Crippen LogP contribution in [0, 0.1) is 0 Å². The van der Waals surface area contributed by atoms with Gasteiger partial charge < -0.3 is 4.29 Å². The summed E-state index contributed by atoms with van der Waals surface area (Å²) in [6.45, 7) is 0.140. The van der Waals surface area contributed by atoms with Crippen molar-refractivity contribution in [2.24, 2.45) is 0 Å². The van der Waals surface area contributed by atoms with Crippen molar-refractivity contribution in [2.45, 2.75) is 0 Å². The second-order valence-electron chi connectivity index (χ2n) is 0.185. The molecule has 0 unspecified atom stereocenters. The summed E-state index contributed by atoms with van der Waals surface area (Å²) in [4.78, 5) is 8.82. The molecular weight excluding hydrogens is 102 g/mol. The van der Waals surface area contributed by atoms with Gasteiger partial charge in [-0.1, -0.05) is 0 Å². The topological polar surface area (TPSA) is 26.3 Å². The molecule has 0 saturated heterocycles. The van der Waals surface area contributed by atoms with Crippen molar-refractivity contribution in [3.63, 3.8) is 0 Å². The van der Waals surface area contributed by atoms with E-state index in [0.717, 1.165) is 0 Å². The average molecular weight is 105 g/mol. The van der Waals surface area contributed by atoms with Gasteiger partial charge in [0.05, 0.1) is 0 Å². The van der Waals surface area contributed by atoms with Crippen LogP contribution in [0.1, 0.15) is 1.43 Å². The van der Waals surface area contributed by atoms with Crippen molar-refractivity contribution in [3.8, 4) is 0 Å². The number of rotatable bonds is 1. The average Bonchev–Trinajstić information content (AvgIpc) is 1.37. The molecule has 5 heavy (non-hydrogen) atoms. The molecule has 0 aliphatic carbocycles. The quantitative estimate of drug-likeness (QED) is 0.340. The molecule has 0 aliphatic heterocycles. The SMILES string of the molecule is O=COCl.[H+].[NaH]. The number of hydrogen-bond donors (Lipinski definition) is 0. The molecule has 0 heterocycles. The van der Waals surface area contributed by atoms with Gasteiger partial charge in [-0.3, -0.25) is 4.79 Å². The third-order valence-electron chi connectivity index (χ3n) is 0.0364. The van der Waals surface area contributed by atoms with Gasteiger partial charge in [-0.15, -0.1) is 0 Å². The van der Waals surface area contributed by atoms with Gasteiger partial charge in [0.2, 0.25) is 0 Å². The molecule has 0 aromatic heterocycles. The first-order valence-corrected chi connectivity index (χ1v) is 0.934. The summed E-state index contributed by atoms with van der Waals surface area (Å²) in [5.74, 6) is 0. The molecule has 0 fully saturated rings. The third kappa shape index (κ3) is 11.7. The molecule has 0 saturated carbocycles. The standard InChI is InChI=1S/CHClO2.Na.H/c2-4-1-3;;/h1H;;/p+1. The van der Waals surface area contributed by atoms with Gasteiger partial charge in [0, 0.05) is 0 Å². The van der Waals surface area contributed by atoms with Gasteiger partial charge in [-0.2, -0.15) is 0 Å². The van der Waals surface area contributed by atoms with Gasteiger partial charge >= 0.3 is 37.5 Å². The molecule has 0 atom stereocenters. The van der Waals surface area contributed by atoms with Crippen LogP contribution >= 0.6 is 11.9 Å². The molecule has 4 heteroatoms. The van der Waals surface area contributed by atoms with Crippen molar-refractivity contribution >= 4 is 47.9 Å². The summed E-state index contributed by atoms with van der Waals surface area (Å²) in [5, 5.41) is 0. The Morgan fingerprint density at radius 1 is 2.00 bits per heavy atom. The van der Waals surface area contributed by atoms with E-state index in [-0.39, 0.29) is 37.5 Å². The number of halogens is 1. The minimum atomic E-state index is 0. The van der Waals surface area contributed by atoms with E-state index in [1.54, 1.807) is 0 Å². The minimum absolute atomic E-state index is 0. The van der Waals surface area contributed by atoms with E-state index in [1.807, 2.05) is 0 Å². The Labute approximate surface area is 58.4 Å². The first kappa shape index (κ1) is 9.23. The Balaban J connectivity index is -0.0000000450. The fourth-order valence-electron chi connectivity index (χ4n) is 0. The van der Waals surface area contributed by atoms with Crippen molar-refractivity contribution in [1.29, 1.82) is 0 Å². The second kappa shape index (κ2) is 8.83. The van der Waals surface area contributed by atoms with E-state index in [4.69, 9.17) is 4.79 Å². The molecule has 0 amide bonds. The van der Waals surface area contributed by atoms with E-state index < -0.39 is 0 Å². The molecule has 0 radical (unpaired) electrons. The predicted octanol–water partition coefficient (Wildman–Crippen LogP) is -0.223. The maximum atomic E-state index is 8.82. The summed E-state index contributed by atoms with van der Waals surface area (Å²) in [7, 11) is 0. The first-order valence-electron chi connectivity index (χ1n) is 0.626. The zero-order chi connectivity index (χ0) is 3.41. The van der Waals surface area contributed by atoms with Crippen LogP contribution in [-0.2, 0) is 9.08 Å². The van der Waals surface area contributed by atoms with E-state index in [2.05, 4.69) is 16.2 Å². The normalized spacial score (nSPS) is 4.20. The van der Waals surface area contributed by atoms with Crippen LogP contribution in [0.25, 0.3) is 0 Å². The molecule has 0 N–H and O–H groups in total. The summed E-state index contributed by atoms with van der Waals surface area (Å²) in [6.07, 6.45) is 0. The van der Waals surface area contributed by atoms with Gasteiger partial charge in [-0.25, -0.2) is 0 Å². The van der Waals surface area contributed by atoms with Crippen LogP contribution in [-0.4, -0.2) is 36.0 Å². The fraction of sp³-hybridized carbons (Fsp3) is 0. The van der Waals surface area contributed by atoms with Crippen molar-refractivity contribution < 1.29 is 10.5 Å². The zero-order valence-corrected chi connectivity index (χ0v) is 2.53. The Morgan fingerprint density at radius 2 is 2.20 bits per heavy atom. The molecule has 0 aliphatic rings. The number of carbonyl (C=O) groups excluding carboxylic acids is 1. The van der Waals surface area contributed by atoms with Crippen LogP contribution in [0.2, 0.25) is 0 Å². The molecule has 0 aromatic rings. The van der Waals surface area contributed by atoms with Gasteiger partial charge in [-0.05, 0) is 0 Å². The zero-order valence-electron chi connectivity index (χ0n) is 2.77. The van der Waals surface area contributed by atoms with Gasteiger partial charge in [0.1, 0.15) is 11.9 Å². The molecule has 2 nitrogen and oxygen atoms in total. The van der Waals surface area contributed by atoms with E-state index in [9.17, 15) is 0 Å². The molecule has 0 rings (SSSR count). The van der Waals surface area contributed by atoms with E-state index >= 15 is 0 Å². The van der Waals surface area contributed by atoms with Crippen LogP contribution < -0.4 is 0 Å². The number of hydrogen-bond acceptors (Lipinski definition) is 2. The fourth-order valence-corrected chi connectivity index (χ4v) is 0. The predicted molar refractivity (Wildman–Crippen MR) is 21.3 cm³/mol. The van der Waals surface area contributed by atoms with Crippen molar-refractivity contribution in [1.82, 2.24) is 0 Å². The second-order valence-corrected chi connectivity index (χ2v) is 0.363. The van der Waals surface area contributed by atoms with Crippen LogP contribution in [0.15, 0.2) is 0 Å². The van der Waals surface area contributed by atoms with Crippen LogP contribution in [0.3, 0.4) is 0 Å². The summed E-state index contributed by atoms with van der Waals surface area (Å²) in [5.41, 5.74) is 0. The molecule has 26 valence electrons. The summed E-state index contributed by atoms with van der Waals surface area (Å²) < 4.78 is 3.33. The number of carbonyl (C=O) groups is 1. The molecule has 0 bridgehead atoms. The molecule has 0 aromatic carbocycles. The van der Waals surface area contributed by atoms with E-state index in [0.29, 0.717) is 0 Å². The maximum absolute atomic E-state index is 8.82. The first-order chi connectivity index (χ1) is 1.91. The Bertz CT molecular complexity index is 27.5.